The quantitative estimate of drug-likeness (QED) is 0.342. The summed E-state index contributed by atoms with van der Waals surface area (Å²) in [6.07, 6.45) is 3.99. The monoisotopic (exact) mass is 577 g/mol. The number of anilines is 1. The second-order valence-corrected chi connectivity index (χ2v) is 12.3. The van der Waals surface area contributed by atoms with Crippen LogP contribution >= 0.6 is 11.6 Å². The Morgan fingerprint density at radius 3 is 2.40 bits per heavy atom. The van der Waals surface area contributed by atoms with E-state index in [0.717, 1.165) is 36.1 Å². The van der Waals surface area contributed by atoms with Gasteiger partial charge in [-0.1, -0.05) is 11.6 Å². The van der Waals surface area contributed by atoms with Gasteiger partial charge in [0.15, 0.2) is 17.5 Å². The maximum Gasteiger partial charge on any atom is 0.419 e. The number of ether oxygens (including phenoxy) is 2. The largest absolute Gasteiger partial charge is 0.444 e. The van der Waals surface area contributed by atoms with Crippen LogP contribution in [0.25, 0.3) is 22.3 Å². The fraction of sp³-hybridized carbons (Fsp3) is 0.500. The molecule has 3 aromatic rings. The Balaban J connectivity index is 1.60. The number of carbonyl (C=O) groups is 2. The first-order chi connectivity index (χ1) is 18.6. The Morgan fingerprint density at radius 2 is 1.73 bits per heavy atom. The highest BCUT2D eigenvalue weighted by Gasteiger charge is 2.28. The van der Waals surface area contributed by atoms with Crippen molar-refractivity contribution in [2.45, 2.75) is 90.5 Å². The minimum absolute atomic E-state index is 0.00351. The maximum atomic E-state index is 15.0. The minimum atomic E-state index is -0.791. The molecule has 2 N–H and O–H groups in total. The summed E-state index contributed by atoms with van der Waals surface area (Å²) in [5.41, 5.74) is -1.21. The van der Waals surface area contributed by atoms with Gasteiger partial charge in [0.2, 0.25) is 0 Å². The number of fused-ring (bicyclic) bond motifs is 1. The Kier molecular flexibility index (Phi) is 8.26. The third-order valence-corrected chi connectivity index (χ3v) is 6.47. The molecule has 0 spiro atoms. The molecule has 0 saturated heterocycles. The molecular formula is C28H34ClF2N5O4. The Hall–Kier alpha value is -3.47. The van der Waals surface area contributed by atoms with Crippen LogP contribution in [0.5, 0.6) is 0 Å². The van der Waals surface area contributed by atoms with Crippen molar-refractivity contribution >= 4 is 40.5 Å². The standard InChI is InChI=1S/C28H34ClF2N5O4/c1-27(2,3)39-25(37)34-16-9-7-8-15(12-16)33-23-20(31)14-32-24(35-23)21-17-10-11-36(26(38)40-28(4,5)6)22(17)19(30)13-18(21)29/h10-11,13-16H,7-9,12H2,1-6H3,(H,34,37)(H,32,33,35)/t15-,16+/m0/s1. The predicted octanol–water partition coefficient (Wildman–Crippen LogP) is 7.06. The molecule has 9 nitrogen and oxygen atoms in total. The van der Waals surface area contributed by atoms with Gasteiger partial charge in [-0.15, -0.1) is 0 Å². The van der Waals surface area contributed by atoms with Crippen LogP contribution in [0, 0.1) is 11.6 Å². The molecule has 1 amide bonds. The molecule has 1 fully saturated rings. The van der Waals surface area contributed by atoms with Crippen molar-refractivity contribution in [2.24, 2.45) is 0 Å². The molecule has 1 aliphatic rings. The van der Waals surface area contributed by atoms with Crippen LogP contribution in [0.3, 0.4) is 0 Å². The topological polar surface area (TPSA) is 107 Å². The first kappa shape index (κ1) is 29.5. The SMILES string of the molecule is CC(C)(C)OC(=O)N[C@@H]1CCC[C@H](Nc2nc(-c3c(Cl)cc(F)c4c3ccn4C(=O)OC(C)(C)C)ncc2F)C1. The number of nitrogens with zero attached hydrogens (tertiary/aromatic N) is 3. The number of amides is 1. The number of halogens is 3. The predicted molar refractivity (Wildman–Crippen MR) is 149 cm³/mol. The normalized spacial score (nSPS) is 17.9. The number of nitrogens with one attached hydrogen (secondary N) is 2. The number of hydrogen-bond donors (Lipinski definition) is 2. The molecule has 2 atom stereocenters. The molecule has 0 aliphatic heterocycles. The molecular weight excluding hydrogens is 544 g/mol. The van der Waals surface area contributed by atoms with E-state index in [4.69, 9.17) is 21.1 Å². The molecule has 1 aromatic carbocycles. The summed E-state index contributed by atoms with van der Waals surface area (Å²) < 4.78 is 41.7. The summed E-state index contributed by atoms with van der Waals surface area (Å²) in [6, 6.07) is 2.25. The number of rotatable bonds is 4. The molecule has 4 rings (SSSR count). The molecule has 0 bridgehead atoms. The summed E-state index contributed by atoms with van der Waals surface area (Å²) in [5.74, 6) is -1.40. The van der Waals surface area contributed by atoms with Gasteiger partial charge in [-0.2, -0.15) is 0 Å². The van der Waals surface area contributed by atoms with Crippen molar-refractivity contribution in [1.82, 2.24) is 19.9 Å². The molecule has 2 heterocycles. The summed E-state index contributed by atoms with van der Waals surface area (Å²) >= 11 is 6.42. The minimum Gasteiger partial charge on any atom is -0.444 e. The van der Waals surface area contributed by atoms with E-state index in [1.165, 1.54) is 12.3 Å². The van der Waals surface area contributed by atoms with Crippen LogP contribution in [0.1, 0.15) is 67.2 Å². The lowest BCUT2D eigenvalue weighted by molar-refractivity contribution is 0.0489. The van der Waals surface area contributed by atoms with E-state index in [2.05, 4.69) is 20.6 Å². The molecule has 1 aliphatic carbocycles. The lowest BCUT2D eigenvalue weighted by Gasteiger charge is -2.31. The van der Waals surface area contributed by atoms with Crippen LogP contribution in [-0.2, 0) is 9.47 Å². The van der Waals surface area contributed by atoms with Crippen molar-refractivity contribution in [3.8, 4) is 11.4 Å². The fourth-order valence-corrected chi connectivity index (χ4v) is 4.94. The zero-order valence-corrected chi connectivity index (χ0v) is 24.2. The van der Waals surface area contributed by atoms with Crippen molar-refractivity contribution in [1.29, 1.82) is 0 Å². The zero-order chi connectivity index (χ0) is 29.4. The molecule has 0 unspecified atom stereocenters. The van der Waals surface area contributed by atoms with E-state index in [1.807, 2.05) is 0 Å². The van der Waals surface area contributed by atoms with Gasteiger partial charge in [-0.3, -0.25) is 0 Å². The van der Waals surface area contributed by atoms with Crippen LogP contribution in [0.2, 0.25) is 5.02 Å². The van der Waals surface area contributed by atoms with Gasteiger partial charge in [0.05, 0.1) is 16.7 Å². The summed E-state index contributed by atoms with van der Waals surface area (Å²) in [7, 11) is 0. The third kappa shape index (κ3) is 6.99. The van der Waals surface area contributed by atoms with Crippen LogP contribution in [0.15, 0.2) is 24.5 Å². The molecule has 0 radical (unpaired) electrons. The van der Waals surface area contributed by atoms with Crippen molar-refractivity contribution in [2.75, 3.05) is 5.32 Å². The Bertz CT molecular complexity index is 1430. The molecule has 2 aromatic heterocycles. The number of aromatic nitrogens is 3. The van der Waals surface area contributed by atoms with Crippen LogP contribution < -0.4 is 10.6 Å². The Labute approximate surface area is 236 Å². The molecule has 12 heteroatoms. The van der Waals surface area contributed by atoms with Gasteiger partial charge in [0, 0.05) is 29.2 Å². The van der Waals surface area contributed by atoms with Crippen LogP contribution in [0.4, 0.5) is 24.2 Å². The molecule has 1 saturated carbocycles. The first-order valence-corrected chi connectivity index (χ1v) is 13.5. The third-order valence-electron chi connectivity index (χ3n) is 6.17. The summed E-state index contributed by atoms with van der Waals surface area (Å²) in [4.78, 5) is 33.4. The Morgan fingerprint density at radius 1 is 1.05 bits per heavy atom. The van der Waals surface area contributed by atoms with Crippen molar-refractivity contribution < 1.29 is 27.8 Å². The highest BCUT2D eigenvalue weighted by molar-refractivity contribution is 6.35. The van der Waals surface area contributed by atoms with E-state index < -0.39 is 35.0 Å². The number of benzene rings is 1. The van der Waals surface area contributed by atoms with Gasteiger partial charge in [-0.05, 0) is 79.4 Å². The first-order valence-electron chi connectivity index (χ1n) is 13.1. The van der Waals surface area contributed by atoms with Gasteiger partial charge >= 0.3 is 12.2 Å². The molecule has 216 valence electrons. The van der Waals surface area contributed by atoms with Gasteiger partial charge in [0.1, 0.15) is 17.0 Å². The number of alkyl carbamates (subject to hydrolysis) is 1. The van der Waals surface area contributed by atoms with E-state index in [1.54, 1.807) is 41.5 Å². The maximum absolute atomic E-state index is 15.0. The lowest BCUT2D eigenvalue weighted by Crippen LogP contribution is -2.44. The second-order valence-electron chi connectivity index (χ2n) is 11.9. The van der Waals surface area contributed by atoms with Gasteiger partial charge in [0.25, 0.3) is 0 Å². The lowest BCUT2D eigenvalue weighted by atomic mass is 9.91. The number of carbonyl (C=O) groups excluding carboxylic acids is 2. The van der Waals surface area contributed by atoms with E-state index in [9.17, 15) is 14.0 Å². The fourth-order valence-electron chi connectivity index (χ4n) is 4.66. The van der Waals surface area contributed by atoms with Gasteiger partial charge < -0.3 is 20.1 Å². The summed E-state index contributed by atoms with van der Waals surface area (Å²) in [5, 5.41) is 6.28. The average molecular weight is 578 g/mol. The van der Waals surface area contributed by atoms with E-state index in [-0.39, 0.29) is 45.2 Å². The zero-order valence-electron chi connectivity index (χ0n) is 23.4. The highest BCUT2D eigenvalue weighted by atomic mass is 35.5. The van der Waals surface area contributed by atoms with E-state index >= 15 is 4.39 Å². The summed E-state index contributed by atoms with van der Waals surface area (Å²) in [6.45, 7) is 10.5. The van der Waals surface area contributed by atoms with Gasteiger partial charge in [-0.25, -0.2) is 32.9 Å². The average Bonchev–Trinajstić information content (AvgIpc) is 3.24. The van der Waals surface area contributed by atoms with Crippen molar-refractivity contribution in [3.63, 3.8) is 0 Å². The highest BCUT2D eigenvalue weighted by Crippen LogP contribution is 2.37. The second kappa shape index (κ2) is 11.2. The van der Waals surface area contributed by atoms with Crippen LogP contribution in [-0.4, -0.2) is 50.0 Å². The van der Waals surface area contributed by atoms with Crippen molar-refractivity contribution in [3.05, 3.63) is 41.2 Å². The molecule has 40 heavy (non-hydrogen) atoms. The van der Waals surface area contributed by atoms with E-state index in [0.29, 0.717) is 6.42 Å². The number of hydrogen-bond acceptors (Lipinski definition) is 7. The smallest absolute Gasteiger partial charge is 0.419 e.